The van der Waals surface area contributed by atoms with Crippen molar-refractivity contribution < 1.29 is 23.5 Å². The minimum absolute atomic E-state index is 0.0175. The Morgan fingerprint density at radius 2 is 1.81 bits per heavy atom. The van der Waals surface area contributed by atoms with E-state index in [1.54, 1.807) is 6.07 Å². The van der Waals surface area contributed by atoms with E-state index < -0.39 is 41.0 Å². The number of piperazine rings is 1. The van der Waals surface area contributed by atoms with Crippen molar-refractivity contribution in [3.8, 4) is 0 Å². The van der Waals surface area contributed by atoms with Crippen LogP contribution in [0.3, 0.4) is 0 Å². The first kappa shape index (κ1) is 31.1. The van der Waals surface area contributed by atoms with Gasteiger partial charge in [-0.15, -0.1) is 0 Å². The molecule has 12 heteroatoms. The third-order valence-electron chi connectivity index (χ3n) is 8.69. The maximum atomic E-state index is 15.8. The number of carbonyl (C=O) groups excluding carboxylic acids is 2. The fraction of sp³-hybridized carbons (Fsp3) is 0.533. The van der Waals surface area contributed by atoms with Crippen LogP contribution in [0.5, 0.6) is 0 Å². The number of nitrogens with one attached hydrogen (secondary N) is 3. The summed E-state index contributed by atoms with van der Waals surface area (Å²) < 4.78 is 30.9. The number of benzene rings is 2. The molecule has 3 heterocycles. The van der Waals surface area contributed by atoms with E-state index in [0.717, 1.165) is 26.2 Å². The van der Waals surface area contributed by atoms with Crippen LogP contribution in [0.25, 0.3) is 0 Å². The summed E-state index contributed by atoms with van der Waals surface area (Å²) in [7, 11) is 0. The molecule has 4 atom stereocenters. The number of hydrogen-bond acceptors (Lipinski definition) is 6. The molecule has 42 heavy (non-hydrogen) atoms. The minimum atomic E-state index is -1.53. The average molecular weight is 625 g/mol. The van der Waals surface area contributed by atoms with Gasteiger partial charge in [0.2, 0.25) is 11.8 Å². The summed E-state index contributed by atoms with van der Waals surface area (Å²) in [4.78, 5) is 32.2. The van der Waals surface area contributed by atoms with Crippen LogP contribution in [0.15, 0.2) is 30.3 Å². The van der Waals surface area contributed by atoms with E-state index in [1.165, 1.54) is 24.3 Å². The molecule has 0 aromatic heterocycles. The maximum Gasteiger partial charge on any atom is 0.237 e. The topological polar surface area (TPSA) is 96.9 Å². The highest BCUT2D eigenvalue weighted by atomic mass is 35.5. The molecule has 228 valence electrons. The van der Waals surface area contributed by atoms with Crippen LogP contribution in [0.2, 0.25) is 10.0 Å². The van der Waals surface area contributed by atoms with E-state index in [2.05, 4.69) is 20.9 Å². The number of fused-ring (bicyclic) bond motifs is 2. The van der Waals surface area contributed by atoms with Gasteiger partial charge >= 0.3 is 0 Å². The van der Waals surface area contributed by atoms with Crippen molar-refractivity contribution >= 4 is 40.7 Å². The molecule has 8 nitrogen and oxygen atoms in total. The lowest BCUT2D eigenvalue weighted by molar-refractivity contribution is -0.124. The molecule has 2 aromatic rings. The number of anilines is 1. The highest BCUT2D eigenvalue weighted by Crippen LogP contribution is 2.57. The second-order valence-electron chi connectivity index (χ2n) is 12.6. The molecule has 2 fully saturated rings. The molecule has 0 saturated carbocycles. The Bertz CT molecular complexity index is 1370. The molecular formula is C30H37Cl2F2N5O3. The number of aliphatic hydroxyl groups is 1. The van der Waals surface area contributed by atoms with Gasteiger partial charge in [0.1, 0.15) is 17.0 Å². The standard InChI is InChI=1S/C30H37Cl2F2N5O3/c1-29(2,3)15-23-30(18-13-21(33)20(32)14-22(18)36-28(30)42)24(17-5-4-6-19(31)25(17)34)26(37-23)27(41)35-7-8-38-9-11-39(16-40)12-10-38/h4-6,13-14,23-24,26,37,40H,7-12,15-16H2,1-3H3,(H,35,41)(H,36,42)/t23-,24+,26-,30+/m1/s1. The molecule has 3 aliphatic heterocycles. The van der Waals surface area contributed by atoms with Crippen LogP contribution in [0, 0.1) is 17.0 Å². The first-order valence-corrected chi connectivity index (χ1v) is 15.0. The Morgan fingerprint density at radius 3 is 2.48 bits per heavy atom. The highest BCUT2D eigenvalue weighted by molar-refractivity contribution is 6.31. The Morgan fingerprint density at radius 1 is 1.12 bits per heavy atom. The van der Waals surface area contributed by atoms with Crippen LogP contribution >= 0.6 is 23.2 Å². The Labute approximate surface area is 254 Å². The van der Waals surface area contributed by atoms with Crippen molar-refractivity contribution in [2.45, 2.75) is 50.6 Å². The number of carbonyl (C=O) groups is 2. The van der Waals surface area contributed by atoms with Crippen molar-refractivity contribution in [2.24, 2.45) is 5.41 Å². The van der Waals surface area contributed by atoms with Gasteiger partial charge in [-0.3, -0.25) is 19.4 Å². The Hall–Kier alpha value is -2.34. The van der Waals surface area contributed by atoms with Gasteiger partial charge in [-0.25, -0.2) is 8.78 Å². The lowest BCUT2D eigenvalue weighted by Gasteiger charge is -2.37. The number of rotatable bonds is 7. The van der Waals surface area contributed by atoms with Crippen molar-refractivity contribution in [1.29, 1.82) is 0 Å². The molecule has 0 bridgehead atoms. The zero-order valence-corrected chi connectivity index (χ0v) is 25.5. The van der Waals surface area contributed by atoms with Gasteiger partial charge in [-0.1, -0.05) is 56.1 Å². The van der Waals surface area contributed by atoms with E-state index in [9.17, 15) is 14.7 Å². The molecule has 3 aliphatic rings. The van der Waals surface area contributed by atoms with E-state index in [0.29, 0.717) is 30.8 Å². The largest absolute Gasteiger partial charge is 0.381 e. The van der Waals surface area contributed by atoms with E-state index in [-0.39, 0.29) is 33.7 Å². The quantitative estimate of drug-likeness (QED) is 0.376. The lowest BCUT2D eigenvalue weighted by atomic mass is 9.62. The zero-order chi connectivity index (χ0) is 30.4. The maximum absolute atomic E-state index is 15.8. The Kier molecular flexibility index (Phi) is 8.87. The predicted molar refractivity (Wildman–Crippen MR) is 159 cm³/mol. The summed E-state index contributed by atoms with van der Waals surface area (Å²) in [5.41, 5.74) is -1.06. The first-order chi connectivity index (χ1) is 19.9. The van der Waals surface area contributed by atoms with Crippen LogP contribution < -0.4 is 16.0 Å². The van der Waals surface area contributed by atoms with E-state index in [1.807, 2.05) is 25.7 Å². The molecule has 2 amide bonds. The molecule has 0 unspecified atom stereocenters. The number of aliphatic hydroxyl groups excluding tert-OH is 1. The molecule has 2 aromatic carbocycles. The minimum Gasteiger partial charge on any atom is -0.381 e. The smallest absolute Gasteiger partial charge is 0.237 e. The van der Waals surface area contributed by atoms with Crippen LogP contribution in [0.1, 0.15) is 44.2 Å². The third kappa shape index (κ3) is 5.65. The molecule has 5 rings (SSSR count). The van der Waals surface area contributed by atoms with Gasteiger partial charge in [-0.05, 0) is 41.2 Å². The number of halogens is 4. The molecule has 0 radical (unpaired) electrons. The highest BCUT2D eigenvalue weighted by Gasteiger charge is 2.66. The fourth-order valence-electron chi connectivity index (χ4n) is 6.77. The summed E-state index contributed by atoms with van der Waals surface area (Å²) >= 11 is 12.3. The molecule has 4 N–H and O–H groups in total. The molecule has 2 saturated heterocycles. The third-order valence-corrected chi connectivity index (χ3v) is 9.27. The molecular weight excluding hydrogens is 587 g/mol. The predicted octanol–water partition coefficient (Wildman–Crippen LogP) is 3.71. The van der Waals surface area contributed by atoms with Gasteiger partial charge in [0, 0.05) is 56.9 Å². The summed E-state index contributed by atoms with van der Waals surface area (Å²) in [5, 5.41) is 18.3. The number of amides is 2. The zero-order valence-electron chi connectivity index (χ0n) is 23.9. The Balaban J connectivity index is 1.55. The van der Waals surface area contributed by atoms with Crippen molar-refractivity contribution in [1.82, 2.24) is 20.4 Å². The van der Waals surface area contributed by atoms with Crippen molar-refractivity contribution in [2.75, 3.05) is 51.3 Å². The van der Waals surface area contributed by atoms with Crippen LogP contribution in [-0.2, 0) is 15.0 Å². The van der Waals surface area contributed by atoms with Crippen LogP contribution in [0.4, 0.5) is 14.5 Å². The average Bonchev–Trinajstić information content (AvgIpc) is 3.40. The normalized spacial score (nSPS) is 26.5. The van der Waals surface area contributed by atoms with Gasteiger partial charge in [-0.2, -0.15) is 0 Å². The second kappa shape index (κ2) is 12.0. The van der Waals surface area contributed by atoms with E-state index in [4.69, 9.17) is 23.2 Å². The lowest BCUT2D eigenvalue weighted by Crippen LogP contribution is -2.50. The summed E-state index contributed by atoms with van der Waals surface area (Å²) in [6, 6.07) is 5.46. The summed E-state index contributed by atoms with van der Waals surface area (Å²) in [6.07, 6.45) is 0.432. The van der Waals surface area contributed by atoms with Crippen molar-refractivity contribution in [3.05, 3.63) is 63.1 Å². The fourth-order valence-corrected chi connectivity index (χ4v) is 7.11. The summed E-state index contributed by atoms with van der Waals surface area (Å²) in [6.45, 7) is 9.97. The van der Waals surface area contributed by atoms with Gasteiger partial charge in [0.05, 0.1) is 22.8 Å². The monoisotopic (exact) mass is 623 g/mol. The molecule has 0 aliphatic carbocycles. The van der Waals surface area contributed by atoms with Gasteiger partial charge in [0.15, 0.2) is 0 Å². The molecule has 1 spiro atoms. The first-order valence-electron chi connectivity index (χ1n) is 14.2. The SMILES string of the molecule is CC(C)(C)C[C@H]1N[C@@H](C(=O)NCCN2CCN(CO)CC2)[C@H](c2cccc(Cl)c2F)[C@@]12C(=O)Nc1cc(Cl)c(F)cc12. The van der Waals surface area contributed by atoms with E-state index >= 15 is 8.78 Å². The second-order valence-corrected chi connectivity index (χ2v) is 13.4. The number of nitrogens with zero attached hydrogens (tertiary/aromatic N) is 2. The van der Waals surface area contributed by atoms with Gasteiger partial charge < -0.3 is 21.1 Å². The van der Waals surface area contributed by atoms with Crippen LogP contribution in [-0.4, -0.2) is 84.8 Å². The number of hydrogen-bond donors (Lipinski definition) is 4. The summed E-state index contributed by atoms with van der Waals surface area (Å²) in [5.74, 6) is -3.32. The van der Waals surface area contributed by atoms with Gasteiger partial charge in [0.25, 0.3) is 0 Å². The van der Waals surface area contributed by atoms with Crippen molar-refractivity contribution in [3.63, 3.8) is 0 Å².